The van der Waals surface area contributed by atoms with Crippen LogP contribution in [-0.2, 0) is 7.05 Å². The molecule has 0 atom stereocenters. The van der Waals surface area contributed by atoms with Gasteiger partial charge in [0.1, 0.15) is 0 Å². The summed E-state index contributed by atoms with van der Waals surface area (Å²) in [5.41, 5.74) is 9.71. The van der Waals surface area contributed by atoms with E-state index < -0.39 is 0 Å². The summed E-state index contributed by atoms with van der Waals surface area (Å²) < 4.78 is 3.65. The Hall–Kier alpha value is -2.34. The Labute approximate surface area is 110 Å². The van der Waals surface area contributed by atoms with Gasteiger partial charge < -0.3 is 11.1 Å². The third-order valence-electron chi connectivity index (χ3n) is 3.01. The van der Waals surface area contributed by atoms with E-state index in [1.807, 2.05) is 42.4 Å². The number of nitrogens with two attached hydrogens (primary N) is 1. The number of rotatable bonds is 4. The van der Waals surface area contributed by atoms with Crippen LogP contribution >= 0.6 is 0 Å². The number of aryl methyl sites for hydroxylation is 1. The van der Waals surface area contributed by atoms with Gasteiger partial charge in [-0.3, -0.25) is 4.68 Å². The second-order valence-electron chi connectivity index (χ2n) is 4.42. The van der Waals surface area contributed by atoms with Crippen molar-refractivity contribution in [2.75, 3.05) is 18.4 Å². The molecular formula is C13H16N6. The molecule has 6 nitrogen and oxygen atoms in total. The summed E-state index contributed by atoms with van der Waals surface area (Å²) in [7, 11) is 1.91. The van der Waals surface area contributed by atoms with Crippen molar-refractivity contribution in [1.29, 1.82) is 0 Å². The minimum Gasteiger partial charge on any atom is -0.381 e. The van der Waals surface area contributed by atoms with Gasteiger partial charge in [0.15, 0.2) is 0 Å². The van der Waals surface area contributed by atoms with Crippen LogP contribution in [-0.4, -0.2) is 32.5 Å². The van der Waals surface area contributed by atoms with Crippen molar-refractivity contribution in [2.24, 2.45) is 12.8 Å². The molecule has 0 aliphatic rings. The highest BCUT2D eigenvalue weighted by molar-refractivity contribution is 5.74. The number of pyridine rings is 1. The summed E-state index contributed by atoms with van der Waals surface area (Å²) in [5.74, 6) is 0. The molecule has 0 fully saturated rings. The van der Waals surface area contributed by atoms with E-state index in [1.54, 1.807) is 4.68 Å². The van der Waals surface area contributed by atoms with Crippen molar-refractivity contribution < 1.29 is 0 Å². The van der Waals surface area contributed by atoms with Crippen LogP contribution in [0.2, 0.25) is 0 Å². The average Bonchev–Trinajstić information content (AvgIpc) is 3.02. The van der Waals surface area contributed by atoms with E-state index in [9.17, 15) is 0 Å². The van der Waals surface area contributed by atoms with Crippen LogP contribution in [0.3, 0.4) is 0 Å². The molecule has 3 rings (SSSR count). The maximum Gasteiger partial charge on any atom is 0.0893 e. The molecule has 3 aromatic heterocycles. The predicted molar refractivity (Wildman–Crippen MR) is 74.9 cm³/mol. The summed E-state index contributed by atoms with van der Waals surface area (Å²) in [6.07, 6.45) is 7.65. The predicted octanol–water partition coefficient (Wildman–Crippen LogP) is 1.11. The first-order valence-corrected chi connectivity index (χ1v) is 6.18. The van der Waals surface area contributed by atoms with Crippen molar-refractivity contribution in [1.82, 2.24) is 19.4 Å². The highest BCUT2D eigenvalue weighted by Gasteiger charge is 2.06. The van der Waals surface area contributed by atoms with Crippen LogP contribution in [0.1, 0.15) is 0 Å². The number of anilines is 1. The van der Waals surface area contributed by atoms with E-state index >= 15 is 0 Å². The average molecular weight is 256 g/mol. The van der Waals surface area contributed by atoms with Gasteiger partial charge in [-0.05, 0) is 6.07 Å². The van der Waals surface area contributed by atoms with Crippen LogP contribution in [0.25, 0.3) is 16.6 Å². The maximum atomic E-state index is 5.49. The van der Waals surface area contributed by atoms with Crippen LogP contribution in [0.5, 0.6) is 0 Å². The van der Waals surface area contributed by atoms with Gasteiger partial charge in [-0.25, -0.2) is 4.52 Å². The van der Waals surface area contributed by atoms with Gasteiger partial charge in [-0.15, -0.1) is 0 Å². The molecule has 0 spiro atoms. The van der Waals surface area contributed by atoms with Crippen LogP contribution < -0.4 is 11.1 Å². The molecule has 0 saturated heterocycles. The number of nitrogens with zero attached hydrogens (tertiary/aromatic N) is 4. The molecular weight excluding hydrogens is 240 g/mol. The molecule has 0 bridgehead atoms. The van der Waals surface area contributed by atoms with Gasteiger partial charge in [-0.2, -0.15) is 10.2 Å². The molecule has 3 aromatic rings. The first-order valence-electron chi connectivity index (χ1n) is 6.18. The molecule has 98 valence electrons. The number of aromatic nitrogens is 4. The quantitative estimate of drug-likeness (QED) is 0.733. The third-order valence-corrected chi connectivity index (χ3v) is 3.01. The molecule has 6 heteroatoms. The Morgan fingerprint density at radius 2 is 2.05 bits per heavy atom. The summed E-state index contributed by atoms with van der Waals surface area (Å²) in [6, 6.07) is 4.12. The fourth-order valence-corrected chi connectivity index (χ4v) is 2.07. The highest BCUT2D eigenvalue weighted by atomic mass is 15.2. The van der Waals surface area contributed by atoms with Gasteiger partial charge in [0.05, 0.1) is 23.6 Å². The SMILES string of the molecule is Cn1cc(-c2ccc3c(NCCN)cnn3c2)cn1. The van der Waals surface area contributed by atoms with Crippen LogP contribution in [0, 0.1) is 0 Å². The second kappa shape index (κ2) is 4.74. The molecule has 19 heavy (non-hydrogen) atoms. The normalized spacial score (nSPS) is 11.1. The zero-order valence-electron chi connectivity index (χ0n) is 10.7. The molecule has 0 aliphatic carbocycles. The van der Waals surface area contributed by atoms with E-state index in [0.717, 1.165) is 28.9 Å². The summed E-state index contributed by atoms with van der Waals surface area (Å²) in [5, 5.41) is 11.8. The number of nitrogens with one attached hydrogen (secondary N) is 1. The lowest BCUT2D eigenvalue weighted by Crippen LogP contribution is -2.12. The first-order chi connectivity index (χ1) is 9.28. The van der Waals surface area contributed by atoms with E-state index in [4.69, 9.17) is 5.73 Å². The number of hydrogen-bond acceptors (Lipinski definition) is 4. The van der Waals surface area contributed by atoms with Crippen molar-refractivity contribution in [3.63, 3.8) is 0 Å². The zero-order chi connectivity index (χ0) is 13.2. The molecule has 0 aliphatic heterocycles. The highest BCUT2D eigenvalue weighted by Crippen LogP contribution is 2.22. The second-order valence-corrected chi connectivity index (χ2v) is 4.42. The fourth-order valence-electron chi connectivity index (χ4n) is 2.07. The van der Waals surface area contributed by atoms with Gasteiger partial charge in [-0.1, -0.05) is 6.07 Å². The number of fused-ring (bicyclic) bond motifs is 1. The molecule has 0 unspecified atom stereocenters. The third kappa shape index (κ3) is 2.17. The summed E-state index contributed by atoms with van der Waals surface area (Å²) >= 11 is 0. The van der Waals surface area contributed by atoms with Gasteiger partial charge >= 0.3 is 0 Å². The smallest absolute Gasteiger partial charge is 0.0893 e. The van der Waals surface area contributed by atoms with E-state index in [1.165, 1.54) is 0 Å². The van der Waals surface area contributed by atoms with E-state index in [0.29, 0.717) is 6.54 Å². The van der Waals surface area contributed by atoms with Crippen LogP contribution in [0.4, 0.5) is 5.69 Å². The van der Waals surface area contributed by atoms with Gasteiger partial charge in [0.25, 0.3) is 0 Å². The van der Waals surface area contributed by atoms with Crippen molar-refractivity contribution in [3.05, 3.63) is 36.9 Å². The molecule has 0 radical (unpaired) electrons. The minimum absolute atomic E-state index is 0.602. The standard InChI is InChI=1S/C13H16N6/c1-18-8-11(6-16-18)10-2-3-13-12(15-5-4-14)7-17-19(13)9-10/h2-3,6-9,15H,4-5,14H2,1H3. The number of hydrogen-bond donors (Lipinski definition) is 2. The molecule has 0 amide bonds. The lowest BCUT2D eigenvalue weighted by Gasteiger charge is -2.03. The molecule has 3 N–H and O–H groups in total. The molecule has 0 aromatic carbocycles. The first kappa shape index (κ1) is 11.7. The van der Waals surface area contributed by atoms with Crippen molar-refractivity contribution >= 4 is 11.2 Å². The summed E-state index contributed by atoms with van der Waals surface area (Å²) in [4.78, 5) is 0. The molecule has 3 heterocycles. The Morgan fingerprint density at radius 3 is 2.79 bits per heavy atom. The lowest BCUT2D eigenvalue weighted by atomic mass is 10.1. The van der Waals surface area contributed by atoms with Gasteiger partial charge in [0.2, 0.25) is 0 Å². The topological polar surface area (TPSA) is 73.2 Å². The van der Waals surface area contributed by atoms with Gasteiger partial charge in [0, 0.05) is 43.7 Å². The largest absolute Gasteiger partial charge is 0.381 e. The fraction of sp³-hybridized carbons (Fsp3) is 0.231. The minimum atomic E-state index is 0.602. The lowest BCUT2D eigenvalue weighted by molar-refractivity contribution is 0.768. The maximum absolute atomic E-state index is 5.49. The zero-order valence-corrected chi connectivity index (χ0v) is 10.7. The van der Waals surface area contributed by atoms with Crippen LogP contribution in [0.15, 0.2) is 36.9 Å². The van der Waals surface area contributed by atoms with E-state index in [2.05, 4.69) is 21.6 Å². The Balaban J connectivity index is 1.98. The van der Waals surface area contributed by atoms with Crippen molar-refractivity contribution in [2.45, 2.75) is 0 Å². The summed E-state index contributed by atoms with van der Waals surface area (Å²) in [6.45, 7) is 1.34. The monoisotopic (exact) mass is 256 g/mol. The van der Waals surface area contributed by atoms with E-state index in [-0.39, 0.29) is 0 Å². The Kier molecular flexibility index (Phi) is 2.92. The Morgan fingerprint density at radius 1 is 1.16 bits per heavy atom. The van der Waals surface area contributed by atoms with Crippen molar-refractivity contribution in [3.8, 4) is 11.1 Å². The Bertz CT molecular complexity index is 696. The molecule has 0 saturated carbocycles.